The Labute approximate surface area is 214 Å². The van der Waals surface area contributed by atoms with Gasteiger partial charge in [0.25, 0.3) is 0 Å². The number of hydrogen-bond acceptors (Lipinski definition) is 8. The van der Waals surface area contributed by atoms with Gasteiger partial charge in [0, 0.05) is 25.2 Å². The van der Waals surface area contributed by atoms with Crippen LogP contribution < -0.4 is 10.1 Å². The lowest BCUT2D eigenvalue weighted by molar-refractivity contribution is -0.141. The van der Waals surface area contributed by atoms with E-state index in [2.05, 4.69) is 30.5 Å². The van der Waals surface area contributed by atoms with Gasteiger partial charge in [0.2, 0.25) is 5.88 Å². The fraction of sp³-hybridized carbons (Fsp3) is 0.280. The predicted octanol–water partition coefficient (Wildman–Crippen LogP) is 4.46. The normalized spacial score (nSPS) is 13.7. The topological polar surface area (TPSA) is 108 Å². The number of fused-ring (bicyclic) bond motifs is 1. The Bertz CT molecular complexity index is 1620. The number of nitrogens with zero attached hydrogens (tertiary/aromatic N) is 8. The van der Waals surface area contributed by atoms with Crippen molar-refractivity contribution in [2.75, 3.05) is 19.5 Å². The Kier molecular flexibility index (Phi) is 5.69. The maximum absolute atomic E-state index is 13.1. The van der Waals surface area contributed by atoms with Crippen LogP contribution in [0.5, 0.6) is 5.88 Å². The third-order valence-corrected chi connectivity index (χ3v) is 6.37. The van der Waals surface area contributed by atoms with Crippen LogP contribution in [-0.2, 0) is 12.7 Å². The van der Waals surface area contributed by atoms with Gasteiger partial charge in [0.15, 0.2) is 17.2 Å². The number of hydrogen-bond donors (Lipinski definition) is 1. The van der Waals surface area contributed by atoms with Gasteiger partial charge in [-0.05, 0) is 30.5 Å². The van der Waals surface area contributed by atoms with Crippen molar-refractivity contribution in [1.29, 1.82) is 0 Å². The number of rotatable bonds is 7. The van der Waals surface area contributed by atoms with Crippen LogP contribution >= 0.6 is 0 Å². The predicted molar refractivity (Wildman–Crippen MR) is 132 cm³/mol. The highest BCUT2D eigenvalue weighted by Crippen LogP contribution is 2.44. The number of methoxy groups -OCH3 is 1. The molecule has 0 atom stereocenters. The molecule has 0 bridgehead atoms. The number of alkyl halides is 3. The molecule has 5 aromatic rings. The molecule has 0 radical (unpaired) electrons. The molecule has 0 saturated heterocycles. The first-order valence-corrected chi connectivity index (χ1v) is 11.9. The van der Waals surface area contributed by atoms with Crippen molar-refractivity contribution in [3.63, 3.8) is 0 Å². The van der Waals surface area contributed by atoms with Crippen LogP contribution in [0.15, 0.2) is 49.1 Å². The lowest BCUT2D eigenvalue weighted by atomic mass is 10.1. The van der Waals surface area contributed by atoms with Crippen molar-refractivity contribution in [2.45, 2.75) is 31.5 Å². The van der Waals surface area contributed by atoms with Crippen molar-refractivity contribution >= 4 is 16.9 Å². The van der Waals surface area contributed by atoms with E-state index >= 15 is 0 Å². The van der Waals surface area contributed by atoms with Gasteiger partial charge >= 0.3 is 6.18 Å². The molecule has 13 heteroatoms. The Hall–Kier alpha value is -4.55. The standard InChI is InChI=1S/C25H22F3N9O/c1-29-19-9-18(25(26,27)28)35-37(19)17-7-3-14(4-8-17)12-36-23-16(11-33-36)10-30-22(34-23)20-21(15-5-6-15)31-13-32-24(20)38-2/h3-4,7-11,13,15,29H,5-6,12H2,1-2H3. The smallest absolute Gasteiger partial charge is 0.435 e. The second kappa shape index (κ2) is 9.08. The van der Waals surface area contributed by atoms with Gasteiger partial charge in [0.1, 0.15) is 17.7 Å². The van der Waals surface area contributed by atoms with Crippen molar-refractivity contribution in [3.8, 4) is 23.0 Å². The third-order valence-electron chi connectivity index (χ3n) is 6.37. The summed E-state index contributed by atoms with van der Waals surface area (Å²) in [6, 6.07) is 8.03. The lowest BCUT2D eigenvalue weighted by Gasteiger charge is -2.11. The highest BCUT2D eigenvalue weighted by Gasteiger charge is 2.35. The van der Waals surface area contributed by atoms with E-state index in [0.717, 1.165) is 35.6 Å². The molecule has 4 aromatic heterocycles. The zero-order chi connectivity index (χ0) is 26.4. The molecule has 194 valence electrons. The molecule has 10 nitrogen and oxygen atoms in total. The summed E-state index contributed by atoms with van der Waals surface area (Å²) in [5, 5.41) is 11.7. The van der Waals surface area contributed by atoms with Crippen LogP contribution in [-0.4, -0.2) is 53.7 Å². The van der Waals surface area contributed by atoms with Crippen LogP contribution in [0.3, 0.4) is 0 Å². The summed E-state index contributed by atoms with van der Waals surface area (Å²) in [5.41, 5.74) is 2.61. The van der Waals surface area contributed by atoms with Gasteiger partial charge in [-0.2, -0.15) is 23.4 Å². The van der Waals surface area contributed by atoms with E-state index in [-0.39, 0.29) is 5.82 Å². The van der Waals surface area contributed by atoms with Gasteiger partial charge in [0.05, 0.1) is 36.6 Å². The zero-order valence-electron chi connectivity index (χ0n) is 20.4. The minimum absolute atomic E-state index is 0.235. The van der Waals surface area contributed by atoms with Crippen LogP contribution in [0.2, 0.25) is 0 Å². The third kappa shape index (κ3) is 4.29. The van der Waals surface area contributed by atoms with Crippen molar-refractivity contribution in [1.82, 2.24) is 39.5 Å². The van der Waals surface area contributed by atoms with Gasteiger partial charge in [-0.3, -0.25) is 0 Å². The molecule has 6 rings (SSSR count). The molecule has 1 aromatic carbocycles. The molecule has 0 unspecified atom stereocenters. The molecule has 38 heavy (non-hydrogen) atoms. The number of halogens is 3. The molecular weight excluding hydrogens is 499 g/mol. The largest absolute Gasteiger partial charge is 0.480 e. The molecule has 0 amide bonds. The van der Waals surface area contributed by atoms with E-state index in [1.165, 1.54) is 11.0 Å². The van der Waals surface area contributed by atoms with Crippen LogP contribution in [0.4, 0.5) is 19.0 Å². The van der Waals surface area contributed by atoms with Crippen LogP contribution in [0.1, 0.15) is 35.7 Å². The SMILES string of the molecule is CNc1cc(C(F)(F)F)nn1-c1ccc(Cn2ncc3cnc(-c4c(OC)ncnc4C4CC4)nc32)cc1. The maximum atomic E-state index is 13.1. The number of ether oxygens (including phenoxy) is 1. The summed E-state index contributed by atoms with van der Waals surface area (Å²) in [7, 11) is 3.10. The summed E-state index contributed by atoms with van der Waals surface area (Å²) in [5.74, 6) is 1.47. The number of nitrogens with one attached hydrogen (secondary N) is 1. The summed E-state index contributed by atoms with van der Waals surface area (Å²) < 4.78 is 47.9. The molecule has 0 aliphatic heterocycles. The van der Waals surface area contributed by atoms with Crippen molar-refractivity contribution in [2.24, 2.45) is 0 Å². The van der Waals surface area contributed by atoms with E-state index in [1.807, 2.05) is 12.1 Å². The van der Waals surface area contributed by atoms with Gasteiger partial charge in [-0.1, -0.05) is 12.1 Å². The van der Waals surface area contributed by atoms with E-state index in [0.29, 0.717) is 41.1 Å². The molecule has 1 aliphatic rings. The summed E-state index contributed by atoms with van der Waals surface area (Å²) >= 11 is 0. The van der Waals surface area contributed by atoms with Gasteiger partial charge in [-0.15, -0.1) is 0 Å². The Morgan fingerprint density at radius 2 is 1.87 bits per heavy atom. The minimum Gasteiger partial charge on any atom is -0.480 e. The van der Waals surface area contributed by atoms with E-state index in [1.54, 1.807) is 43.4 Å². The summed E-state index contributed by atoms with van der Waals surface area (Å²) in [4.78, 5) is 18.1. The summed E-state index contributed by atoms with van der Waals surface area (Å²) in [6.45, 7) is 0.393. The quantitative estimate of drug-likeness (QED) is 0.334. The number of benzene rings is 1. The average molecular weight is 522 g/mol. The number of anilines is 1. The highest BCUT2D eigenvalue weighted by molar-refractivity contribution is 5.77. The second-order valence-electron chi connectivity index (χ2n) is 8.93. The molecule has 1 N–H and O–H groups in total. The molecule has 0 spiro atoms. The summed E-state index contributed by atoms with van der Waals surface area (Å²) in [6.07, 6.45) is 2.46. The number of aromatic nitrogens is 8. The fourth-order valence-electron chi connectivity index (χ4n) is 4.33. The first-order valence-electron chi connectivity index (χ1n) is 11.9. The molecule has 4 heterocycles. The average Bonchev–Trinajstić information content (AvgIpc) is 3.55. The van der Waals surface area contributed by atoms with E-state index in [4.69, 9.17) is 9.72 Å². The Morgan fingerprint density at radius 3 is 2.55 bits per heavy atom. The lowest BCUT2D eigenvalue weighted by Crippen LogP contribution is -2.08. The van der Waals surface area contributed by atoms with E-state index in [9.17, 15) is 13.2 Å². The first kappa shape index (κ1) is 23.8. The Balaban J connectivity index is 1.31. The van der Waals surface area contributed by atoms with Crippen molar-refractivity contribution < 1.29 is 17.9 Å². The zero-order valence-corrected chi connectivity index (χ0v) is 20.4. The molecule has 1 saturated carbocycles. The van der Waals surface area contributed by atoms with E-state index < -0.39 is 11.9 Å². The van der Waals surface area contributed by atoms with Gasteiger partial charge < -0.3 is 10.1 Å². The van der Waals surface area contributed by atoms with Gasteiger partial charge in [-0.25, -0.2) is 29.3 Å². The fourth-order valence-corrected chi connectivity index (χ4v) is 4.33. The van der Waals surface area contributed by atoms with Crippen LogP contribution in [0, 0.1) is 0 Å². The minimum atomic E-state index is -4.53. The molecular formula is C25H22F3N9O. The maximum Gasteiger partial charge on any atom is 0.435 e. The monoisotopic (exact) mass is 521 g/mol. The molecule has 1 aliphatic carbocycles. The van der Waals surface area contributed by atoms with Crippen molar-refractivity contribution in [3.05, 3.63) is 66.0 Å². The highest BCUT2D eigenvalue weighted by atomic mass is 19.4. The first-order chi connectivity index (χ1) is 18.4. The second-order valence-corrected chi connectivity index (χ2v) is 8.93. The Morgan fingerprint density at radius 1 is 1.08 bits per heavy atom. The van der Waals surface area contributed by atoms with Crippen LogP contribution in [0.25, 0.3) is 28.1 Å². The molecule has 1 fully saturated rings.